The van der Waals surface area contributed by atoms with Crippen LogP contribution in [0.5, 0.6) is 11.5 Å². The summed E-state index contributed by atoms with van der Waals surface area (Å²) >= 11 is 0. The average molecular weight is 278 g/mol. The van der Waals surface area contributed by atoms with Crippen LogP contribution in [0.1, 0.15) is 25.0 Å². The summed E-state index contributed by atoms with van der Waals surface area (Å²) in [6, 6.07) is 7.87. The van der Waals surface area contributed by atoms with Gasteiger partial charge in [-0.05, 0) is 36.4 Å². The molecule has 0 fully saturated rings. The predicted octanol–water partition coefficient (Wildman–Crippen LogP) is 4.00. The summed E-state index contributed by atoms with van der Waals surface area (Å²) in [5, 5.41) is 9.96. The van der Waals surface area contributed by atoms with E-state index in [4.69, 9.17) is 4.74 Å². The maximum Gasteiger partial charge on any atom is 0.123 e. The van der Waals surface area contributed by atoms with Gasteiger partial charge in [0.15, 0.2) is 0 Å². The molecule has 0 radical (unpaired) electrons. The zero-order valence-electron chi connectivity index (χ0n) is 11.6. The predicted molar refractivity (Wildman–Crippen MR) is 73.1 cm³/mol. The minimum Gasteiger partial charge on any atom is -0.508 e. The molecule has 0 saturated heterocycles. The van der Waals surface area contributed by atoms with Crippen LogP contribution in [0, 0.1) is 11.6 Å². The highest BCUT2D eigenvalue weighted by Gasteiger charge is 2.30. The molecule has 0 bridgehead atoms. The van der Waals surface area contributed by atoms with Crippen molar-refractivity contribution in [1.82, 2.24) is 0 Å². The zero-order valence-corrected chi connectivity index (χ0v) is 11.6. The lowest BCUT2D eigenvalue weighted by molar-refractivity contribution is 0.395. The van der Waals surface area contributed by atoms with Crippen molar-refractivity contribution in [3.05, 3.63) is 59.2 Å². The number of benzene rings is 2. The summed E-state index contributed by atoms with van der Waals surface area (Å²) in [4.78, 5) is 0. The summed E-state index contributed by atoms with van der Waals surface area (Å²) in [6.07, 6.45) is 0. The Morgan fingerprint density at radius 2 is 1.50 bits per heavy atom. The van der Waals surface area contributed by atoms with Crippen molar-refractivity contribution in [3.8, 4) is 11.5 Å². The van der Waals surface area contributed by atoms with Gasteiger partial charge in [-0.1, -0.05) is 13.8 Å². The largest absolute Gasteiger partial charge is 0.508 e. The normalized spacial score (nSPS) is 11.4. The van der Waals surface area contributed by atoms with Gasteiger partial charge in [-0.15, -0.1) is 0 Å². The molecular weight excluding hydrogens is 262 g/mol. The fourth-order valence-electron chi connectivity index (χ4n) is 2.32. The summed E-state index contributed by atoms with van der Waals surface area (Å²) in [6.45, 7) is 3.55. The Kier molecular flexibility index (Phi) is 3.66. The smallest absolute Gasteiger partial charge is 0.123 e. The van der Waals surface area contributed by atoms with Crippen molar-refractivity contribution < 1.29 is 18.6 Å². The quantitative estimate of drug-likeness (QED) is 0.919. The van der Waals surface area contributed by atoms with E-state index in [1.165, 1.54) is 43.5 Å². The number of ether oxygens (including phenoxy) is 1. The molecule has 0 aromatic heterocycles. The van der Waals surface area contributed by atoms with Crippen molar-refractivity contribution in [2.24, 2.45) is 0 Å². The van der Waals surface area contributed by atoms with E-state index in [1.807, 2.05) is 0 Å². The van der Waals surface area contributed by atoms with Gasteiger partial charge >= 0.3 is 0 Å². The minimum absolute atomic E-state index is 0.0392. The summed E-state index contributed by atoms with van der Waals surface area (Å²) in [5.74, 6) is -0.422. The van der Waals surface area contributed by atoms with Gasteiger partial charge in [0.25, 0.3) is 0 Å². The van der Waals surface area contributed by atoms with E-state index >= 15 is 0 Å². The Labute approximate surface area is 116 Å². The minimum atomic E-state index is -0.806. The second-order valence-electron chi connectivity index (χ2n) is 5.13. The van der Waals surface area contributed by atoms with Crippen LogP contribution >= 0.6 is 0 Å². The topological polar surface area (TPSA) is 29.5 Å². The Bertz CT molecular complexity index is 636. The molecule has 2 rings (SSSR count). The molecule has 0 atom stereocenters. The van der Waals surface area contributed by atoms with Gasteiger partial charge in [-0.3, -0.25) is 0 Å². The van der Waals surface area contributed by atoms with Gasteiger partial charge in [0, 0.05) is 16.5 Å². The molecule has 0 aliphatic rings. The number of phenols is 1. The van der Waals surface area contributed by atoms with E-state index in [2.05, 4.69) is 0 Å². The monoisotopic (exact) mass is 278 g/mol. The first-order valence-electron chi connectivity index (χ1n) is 6.19. The van der Waals surface area contributed by atoms with Gasteiger partial charge < -0.3 is 9.84 Å². The number of rotatable bonds is 3. The first kappa shape index (κ1) is 14.3. The molecular formula is C16H16F2O2. The van der Waals surface area contributed by atoms with E-state index in [-0.39, 0.29) is 5.75 Å². The highest BCUT2D eigenvalue weighted by atomic mass is 19.1. The number of phenolic OH excluding ortho intramolecular Hbond substituents is 1. The lowest BCUT2D eigenvalue weighted by Crippen LogP contribution is -2.20. The molecule has 20 heavy (non-hydrogen) atoms. The zero-order chi connectivity index (χ0) is 14.9. The Morgan fingerprint density at radius 1 is 0.950 bits per heavy atom. The highest BCUT2D eigenvalue weighted by Crippen LogP contribution is 2.41. The van der Waals surface area contributed by atoms with Crippen LogP contribution in [-0.2, 0) is 5.41 Å². The standard InChI is InChI=1S/C16H16F2O2/c1-16(2,12-8-10(17)4-6-14(12)19)13-9-11(18)5-7-15(13)20-3/h4-9,19H,1-3H3. The fourth-order valence-corrected chi connectivity index (χ4v) is 2.32. The SMILES string of the molecule is COc1ccc(F)cc1C(C)(C)c1cc(F)ccc1O. The first-order chi connectivity index (χ1) is 9.36. The van der Waals surface area contributed by atoms with Crippen molar-refractivity contribution in [1.29, 1.82) is 0 Å². The molecule has 1 N–H and O–H groups in total. The fraction of sp³-hybridized carbons (Fsp3) is 0.250. The summed E-state index contributed by atoms with van der Waals surface area (Å²) in [7, 11) is 1.48. The Hall–Kier alpha value is -2.10. The van der Waals surface area contributed by atoms with E-state index in [0.29, 0.717) is 16.9 Å². The number of hydrogen-bond acceptors (Lipinski definition) is 2. The molecule has 0 amide bonds. The van der Waals surface area contributed by atoms with Crippen molar-refractivity contribution in [3.63, 3.8) is 0 Å². The maximum absolute atomic E-state index is 13.5. The van der Waals surface area contributed by atoms with Crippen LogP contribution in [-0.4, -0.2) is 12.2 Å². The second kappa shape index (κ2) is 5.12. The number of aromatic hydroxyl groups is 1. The second-order valence-corrected chi connectivity index (χ2v) is 5.13. The lowest BCUT2D eigenvalue weighted by atomic mass is 9.77. The molecule has 2 aromatic rings. The molecule has 0 aliphatic heterocycles. The van der Waals surface area contributed by atoms with Gasteiger partial charge in [0.1, 0.15) is 23.1 Å². The van der Waals surface area contributed by atoms with Crippen molar-refractivity contribution in [2.75, 3.05) is 7.11 Å². The van der Waals surface area contributed by atoms with E-state index < -0.39 is 17.0 Å². The molecule has 0 heterocycles. The molecule has 0 aliphatic carbocycles. The molecule has 0 unspecified atom stereocenters. The molecule has 2 nitrogen and oxygen atoms in total. The Balaban J connectivity index is 2.65. The van der Waals surface area contributed by atoms with Crippen LogP contribution < -0.4 is 4.74 Å². The lowest BCUT2D eigenvalue weighted by Gasteiger charge is -2.28. The first-order valence-corrected chi connectivity index (χ1v) is 6.19. The summed E-state index contributed by atoms with van der Waals surface area (Å²) < 4.78 is 32.2. The van der Waals surface area contributed by atoms with E-state index in [1.54, 1.807) is 13.8 Å². The Morgan fingerprint density at radius 3 is 2.10 bits per heavy atom. The molecule has 0 saturated carbocycles. The van der Waals surface area contributed by atoms with Gasteiger partial charge in [0.2, 0.25) is 0 Å². The van der Waals surface area contributed by atoms with Gasteiger partial charge in [-0.2, -0.15) is 0 Å². The van der Waals surface area contributed by atoms with Crippen LogP contribution in [0.2, 0.25) is 0 Å². The third kappa shape index (κ3) is 2.46. The molecule has 4 heteroatoms. The van der Waals surface area contributed by atoms with Crippen molar-refractivity contribution in [2.45, 2.75) is 19.3 Å². The van der Waals surface area contributed by atoms with E-state index in [0.717, 1.165) is 0 Å². The van der Waals surface area contributed by atoms with Gasteiger partial charge in [0.05, 0.1) is 7.11 Å². The third-order valence-electron chi connectivity index (χ3n) is 3.47. The average Bonchev–Trinajstić information content (AvgIpc) is 2.41. The van der Waals surface area contributed by atoms with Gasteiger partial charge in [-0.25, -0.2) is 8.78 Å². The van der Waals surface area contributed by atoms with Crippen LogP contribution in [0.25, 0.3) is 0 Å². The van der Waals surface area contributed by atoms with Crippen molar-refractivity contribution >= 4 is 0 Å². The van der Waals surface area contributed by atoms with Crippen LogP contribution in [0.15, 0.2) is 36.4 Å². The number of methoxy groups -OCH3 is 1. The summed E-state index contributed by atoms with van der Waals surface area (Å²) in [5.41, 5.74) is 0.113. The number of halogens is 2. The molecule has 0 spiro atoms. The van der Waals surface area contributed by atoms with Crippen LogP contribution in [0.4, 0.5) is 8.78 Å². The van der Waals surface area contributed by atoms with Crippen LogP contribution in [0.3, 0.4) is 0 Å². The molecule has 2 aromatic carbocycles. The highest BCUT2D eigenvalue weighted by molar-refractivity contribution is 5.50. The molecule has 106 valence electrons. The number of hydrogen-bond donors (Lipinski definition) is 1. The maximum atomic E-state index is 13.5. The third-order valence-corrected chi connectivity index (χ3v) is 3.47. The van der Waals surface area contributed by atoms with E-state index in [9.17, 15) is 13.9 Å².